The molecular weight excluding hydrogens is 1460 g/mol. The van der Waals surface area contributed by atoms with Crippen LogP contribution in [0, 0.1) is 28.6 Å². The molecular formula is C69H121N12O19P3S2. The molecule has 31 nitrogen and oxygen atoms in total. The predicted octanol–water partition coefficient (Wildman–Crippen LogP) is 11.8. The lowest BCUT2D eigenvalue weighted by molar-refractivity contribution is -0.102. The van der Waals surface area contributed by atoms with Crippen molar-refractivity contribution in [1.29, 1.82) is 0 Å². The van der Waals surface area contributed by atoms with Crippen LogP contribution in [0.15, 0.2) is 62.2 Å². The number of anilines is 4. The number of rotatable bonds is 18. The van der Waals surface area contributed by atoms with E-state index in [1.54, 1.807) is 93.9 Å². The Morgan fingerprint density at radius 1 is 0.429 bits per heavy atom. The van der Waals surface area contributed by atoms with E-state index in [2.05, 4.69) is 82.2 Å². The highest BCUT2D eigenvalue weighted by Gasteiger charge is 2.48. The van der Waals surface area contributed by atoms with Gasteiger partial charge in [-0.1, -0.05) is 83.1 Å². The fourth-order valence-electron chi connectivity index (χ4n) is 11.9. The average Bonchev–Trinajstić information content (AvgIpc) is 1.68. The highest BCUT2D eigenvalue weighted by Crippen LogP contribution is 2.55. The van der Waals surface area contributed by atoms with E-state index in [0.717, 1.165) is 6.42 Å². The Bertz CT molecular complexity index is 3800. The summed E-state index contributed by atoms with van der Waals surface area (Å²) in [5.41, 5.74) is 18.6. The van der Waals surface area contributed by atoms with Crippen LogP contribution in [0.5, 0.6) is 0 Å². The molecule has 8 rings (SSSR count). The Morgan fingerprint density at radius 3 is 0.971 bits per heavy atom. The number of phosphoric ester groups is 1. The van der Waals surface area contributed by atoms with Gasteiger partial charge in [-0.05, 0) is 179 Å². The second kappa shape index (κ2) is 34.9. The first-order chi connectivity index (χ1) is 47.3. The van der Waals surface area contributed by atoms with Gasteiger partial charge in [0.2, 0.25) is 0 Å². The SMILES string of the molecule is CC(C)(C)C[C@H]1O[C@@H](n2ccc(N)nc2=O)C[C@H]1OC(C)(C)C.CC(C)(C)C[C@H]1O[C@@H](n2ccc(N)nc2=O)C[C@H]1OP(=O)(O)OC(C)(C)C.CC(C)(C)C[C@H]1O[C@@H](n2ccc(N)nc2=O)C[C@H]1OP(O)(=S)OC(C)(C)C.Cc1cn([C@H]2C[C@@H](OP(O)(=S)OC(C)(C)C)[C@@H](CC(C)(C)C)O2)c(=O)nc1N. The molecule has 4 aromatic rings. The smallest absolute Gasteiger partial charge is 0.383 e. The van der Waals surface area contributed by atoms with Crippen LogP contribution in [-0.2, 0) is 79.0 Å². The standard InChI is InChI=1S/C18H32N3O5PS.C17H30N3O6P.C17H30N3O5PS.C17H29N3O3/c1-11-10-21(16(22)20-15(11)19)14-8-12(13(24-14)9-17(2,3)4)25-27(23,28)26-18(5,6)7;1-16(2,3)10-12-11(25-27(22,23)26-17(4,5)6)9-14(24-12)20-8-7-13(18)19-15(20)21;1-16(2,3)10-12-11(24-26(22,27)25-17(4,5)6)9-14(23-12)20-8-7-13(18)19-15(20)21;1-16(2,3)10-12-11(23-17(4,5)6)9-14(22-12)20-8-7-13(18)19-15(20)21/h10,12-14H,8-9H2,1-7H3,(H,23,28)(H2,19,20,22);7-8,11-12,14H,9-10H2,1-6H3,(H,22,23)(H2,18,19,21);7-8,11-12,14H,9-10H2,1-6H3,(H,22,27)(H2,18,19,21);7-8,11-12,14H,9-10H2,1-6H3,(H2,18,19,21)/t12-,13-,14-,27?;11-,12-,14-;11-,12-,14-,26?;11-,12-,14-/m1111/s1. The maximum Gasteiger partial charge on any atom is 0.473 e. The van der Waals surface area contributed by atoms with Gasteiger partial charge in [-0.15, -0.1) is 0 Å². The number of nitrogens with two attached hydrogens (primary N) is 4. The van der Waals surface area contributed by atoms with E-state index in [1.807, 2.05) is 41.5 Å². The summed E-state index contributed by atoms with van der Waals surface area (Å²) in [6.07, 6.45) is 5.40. The molecule has 0 aliphatic carbocycles. The topological polar surface area (TPSA) is 423 Å². The van der Waals surface area contributed by atoms with Gasteiger partial charge < -0.3 is 79.4 Å². The van der Waals surface area contributed by atoms with E-state index in [4.69, 9.17) is 97.4 Å². The normalized spacial score (nSPS) is 25.9. The van der Waals surface area contributed by atoms with Crippen LogP contribution in [-0.4, -0.2) is 124 Å². The second-order valence-electron chi connectivity index (χ2n) is 35.9. The molecule has 4 aliphatic rings. The highest BCUT2D eigenvalue weighted by atomic mass is 32.5. The van der Waals surface area contributed by atoms with Crippen molar-refractivity contribution in [2.75, 3.05) is 22.9 Å². The zero-order valence-electron chi connectivity index (χ0n) is 66.0. The van der Waals surface area contributed by atoms with Crippen molar-refractivity contribution in [2.45, 2.75) is 321 Å². The molecule has 8 heterocycles. The van der Waals surface area contributed by atoms with E-state index >= 15 is 0 Å². The number of aryl methyl sites for hydroxylation is 1. The predicted molar refractivity (Wildman–Crippen MR) is 411 cm³/mol. The summed E-state index contributed by atoms with van der Waals surface area (Å²) in [5.74, 6) is 0.685. The summed E-state index contributed by atoms with van der Waals surface area (Å²) in [7, 11) is -4.31. The van der Waals surface area contributed by atoms with E-state index in [1.165, 1.54) is 36.6 Å². The molecule has 0 saturated carbocycles. The molecule has 3 unspecified atom stereocenters. The lowest BCUT2D eigenvalue weighted by Crippen LogP contribution is -2.35. The summed E-state index contributed by atoms with van der Waals surface area (Å²) in [5, 5.41) is 0. The third kappa shape index (κ3) is 31.9. The number of nitrogens with zero attached hydrogens (tertiary/aromatic N) is 8. The van der Waals surface area contributed by atoms with Crippen LogP contribution in [0.4, 0.5) is 23.3 Å². The molecule has 4 aliphatic heterocycles. The molecule has 4 saturated heterocycles. The van der Waals surface area contributed by atoms with Gasteiger partial charge in [0.15, 0.2) is 0 Å². The molecule has 598 valence electrons. The molecule has 0 aromatic carbocycles. The maximum atomic E-state index is 12.4. The Balaban J connectivity index is 0.000000252. The van der Waals surface area contributed by atoms with Gasteiger partial charge in [-0.25, -0.2) is 23.7 Å². The first-order valence-electron chi connectivity index (χ1n) is 35.2. The zero-order valence-corrected chi connectivity index (χ0v) is 70.4. The minimum Gasteiger partial charge on any atom is -0.383 e. The molecule has 0 radical (unpaired) electrons. The molecule has 105 heavy (non-hydrogen) atoms. The van der Waals surface area contributed by atoms with Gasteiger partial charge in [0.25, 0.3) is 0 Å². The summed E-state index contributed by atoms with van der Waals surface area (Å²) in [4.78, 5) is 94.9. The Kier molecular flexibility index (Phi) is 30.4. The number of hydrogen-bond acceptors (Lipinski definition) is 26. The molecule has 0 bridgehead atoms. The monoisotopic (exact) mass is 1580 g/mol. The van der Waals surface area contributed by atoms with Gasteiger partial charge >= 0.3 is 44.0 Å². The molecule has 0 spiro atoms. The minimum absolute atomic E-state index is 0.0472. The Hall–Kier alpha value is -4.31. The number of nitrogen functional groups attached to an aromatic ring is 4. The Morgan fingerprint density at radius 2 is 0.695 bits per heavy atom. The molecule has 0 amide bonds. The number of hydrogen-bond donors (Lipinski definition) is 7. The van der Waals surface area contributed by atoms with Gasteiger partial charge in [0, 0.05) is 56.0 Å². The summed E-state index contributed by atoms with van der Waals surface area (Å²) in [6.45, 7) is 41.8. The van der Waals surface area contributed by atoms with Gasteiger partial charge in [0.05, 0.1) is 71.2 Å². The lowest BCUT2D eigenvalue weighted by Gasteiger charge is -2.31. The molecule has 4 fully saturated rings. The van der Waals surface area contributed by atoms with Crippen LogP contribution in [0.2, 0.25) is 0 Å². The van der Waals surface area contributed by atoms with Gasteiger partial charge in [-0.2, -0.15) is 19.9 Å². The van der Waals surface area contributed by atoms with Crippen LogP contribution < -0.4 is 45.7 Å². The van der Waals surface area contributed by atoms with Crippen molar-refractivity contribution in [3.63, 3.8) is 0 Å². The number of aromatic nitrogens is 8. The van der Waals surface area contributed by atoms with Crippen molar-refractivity contribution in [3.8, 4) is 0 Å². The van der Waals surface area contributed by atoms with Crippen molar-refractivity contribution in [1.82, 2.24) is 38.2 Å². The van der Waals surface area contributed by atoms with E-state index in [0.29, 0.717) is 44.1 Å². The number of ether oxygens (including phenoxy) is 5. The van der Waals surface area contributed by atoms with Crippen LogP contribution >= 0.6 is 21.3 Å². The molecule has 4 aromatic heterocycles. The van der Waals surface area contributed by atoms with E-state index in [-0.39, 0.29) is 93.3 Å². The largest absolute Gasteiger partial charge is 0.473 e. The van der Waals surface area contributed by atoms with E-state index < -0.39 is 98.2 Å². The van der Waals surface area contributed by atoms with Crippen LogP contribution in [0.3, 0.4) is 0 Å². The molecule has 11 N–H and O–H groups in total. The van der Waals surface area contributed by atoms with Crippen molar-refractivity contribution in [3.05, 3.63) is 90.5 Å². The van der Waals surface area contributed by atoms with Crippen LogP contribution in [0.1, 0.15) is 248 Å². The highest BCUT2D eigenvalue weighted by molar-refractivity contribution is 8.07. The average molecular weight is 1580 g/mol. The lowest BCUT2D eigenvalue weighted by atomic mass is 9.87. The quantitative estimate of drug-likeness (QED) is 0.0455. The van der Waals surface area contributed by atoms with Crippen molar-refractivity contribution < 1.29 is 70.1 Å². The zero-order chi connectivity index (χ0) is 80.1. The molecule has 36 heteroatoms. The third-order valence-electron chi connectivity index (χ3n) is 15.4. The minimum atomic E-state index is -4.31. The second-order valence-corrected chi connectivity index (χ2v) is 42.6. The first-order valence-corrected chi connectivity index (χ1v) is 41.8. The maximum absolute atomic E-state index is 12.4. The summed E-state index contributed by atoms with van der Waals surface area (Å²) in [6, 6.07) is 4.65. The molecule has 15 atom stereocenters. The fourth-order valence-corrected chi connectivity index (χ4v) is 17.8. The summed E-state index contributed by atoms with van der Waals surface area (Å²) < 4.78 is 82.0. The first kappa shape index (κ1) is 91.3. The van der Waals surface area contributed by atoms with Crippen molar-refractivity contribution in [2.24, 2.45) is 21.7 Å². The van der Waals surface area contributed by atoms with Gasteiger partial charge in [0.1, 0.15) is 48.2 Å². The van der Waals surface area contributed by atoms with Gasteiger partial charge in [-0.3, -0.25) is 27.3 Å². The van der Waals surface area contributed by atoms with Crippen molar-refractivity contribution >= 4 is 68.1 Å². The third-order valence-corrected chi connectivity index (χ3v) is 20.3. The van der Waals surface area contributed by atoms with E-state index in [9.17, 15) is 38.4 Å². The fraction of sp³-hybridized carbons (Fsp3) is 0.768. The Labute approximate surface area is 628 Å². The number of phosphoric acid groups is 1. The summed E-state index contributed by atoms with van der Waals surface area (Å²) >= 11 is 10.4. The van der Waals surface area contributed by atoms with Crippen LogP contribution in [0.25, 0.3) is 0 Å².